The number of carbonyl (C=O) groups is 1. The van der Waals surface area contributed by atoms with Gasteiger partial charge in [-0.3, -0.25) is 4.79 Å². The number of nitrogens with one attached hydrogen (secondary N) is 2. The zero-order valence-electron chi connectivity index (χ0n) is 12.7. The van der Waals surface area contributed by atoms with Gasteiger partial charge in [-0.1, -0.05) is 18.2 Å². The molecule has 21 heavy (non-hydrogen) atoms. The smallest absolute Gasteiger partial charge is 0.253 e. The SMILES string of the molecule is CC(C)N1CCC(CNC(=O)c2c[nH]c3ccccc23)C1. The summed E-state index contributed by atoms with van der Waals surface area (Å²) in [6.45, 7) is 7.46. The summed E-state index contributed by atoms with van der Waals surface area (Å²) in [6, 6.07) is 8.50. The molecule has 2 aromatic rings. The molecule has 1 aromatic heterocycles. The van der Waals surface area contributed by atoms with Crippen LogP contribution in [0.5, 0.6) is 0 Å². The molecule has 1 aliphatic rings. The van der Waals surface area contributed by atoms with Crippen LogP contribution >= 0.6 is 0 Å². The zero-order valence-corrected chi connectivity index (χ0v) is 12.7. The van der Waals surface area contributed by atoms with Gasteiger partial charge in [-0.2, -0.15) is 0 Å². The van der Waals surface area contributed by atoms with Crippen LogP contribution in [0.3, 0.4) is 0 Å². The molecule has 3 rings (SSSR count). The fourth-order valence-corrected chi connectivity index (χ4v) is 3.09. The van der Waals surface area contributed by atoms with Crippen molar-refractivity contribution in [3.8, 4) is 0 Å². The topological polar surface area (TPSA) is 48.1 Å². The highest BCUT2D eigenvalue weighted by Crippen LogP contribution is 2.19. The number of rotatable bonds is 4. The highest BCUT2D eigenvalue weighted by molar-refractivity contribution is 6.06. The maximum absolute atomic E-state index is 12.3. The predicted molar refractivity (Wildman–Crippen MR) is 85.4 cm³/mol. The maximum Gasteiger partial charge on any atom is 0.253 e. The van der Waals surface area contributed by atoms with E-state index < -0.39 is 0 Å². The Morgan fingerprint density at radius 1 is 1.43 bits per heavy atom. The van der Waals surface area contributed by atoms with Gasteiger partial charge in [0.1, 0.15) is 0 Å². The Morgan fingerprint density at radius 2 is 2.24 bits per heavy atom. The predicted octanol–water partition coefficient (Wildman–Crippen LogP) is 2.63. The van der Waals surface area contributed by atoms with E-state index in [1.807, 2.05) is 24.3 Å². The van der Waals surface area contributed by atoms with Gasteiger partial charge in [-0.05, 0) is 38.8 Å². The number of aromatic amines is 1. The number of para-hydroxylation sites is 1. The van der Waals surface area contributed by atoms with Crippen molar-refractivity contribution in [3.05, 3.63) is 36.0 Å². The molecule has 1 atom stereocenters. The first kappa shape index (κ1) is 14.1. The Labute approximate surface area is 125 Å². The normalized spacial score (nSPS) is 19.5. The lowest BCUT2D eigenvalue weighted by atomic mass is 10.1. The Hall–Kier alpha value is -1.81. The van der Waals surface area contributed by atoms with E-state index in [2.05, 4.69) is 29.0 Å². The van der Waals surface area contributed by atoms with Crippen molar-refractivity contribution in [2.75, 3.05) is 19.6 Å². The molecule has 1 fully saturated rings. The molecule has 1 saturated heterocycles. The molecule has 112 valence electrons. The van der Waals surface area contributed by atoms with Crippen molar-refractivity contribution < 1.29 is 4.79 Å². The monoisotopic (exact) mass is 285 g/mol. The second kappa shape index (κ2) is 5.90. The van der Waals surface area contributed by atoms with Crippen LogP contribution < -0.4 is 5.32 Å². The third kappa shape index (κ3) is 2.95. The standard InChI is InChI=1S/C17H23N3O/c1-12(2)20-8-7-13(11-20)9-19-17(21)15-10-18-16-6-4-3-5-14(15)16/h3-6,10,12-13,18H,7-9,11H2,1-2H3,(H,19,21). The van der Waals surface area contributed by atoms with E-state index in [1.54, 1.807) is 6.20 Å². The average molecular weight is 285 g/mol. The molecule has 0 radical (unpaired) electrons. The van der Waals surface area contributed by atoms with Gasteiger partial charge in [0.15, 0.2) is 0 Å². The molecule has 4 heteroatoms. The number of fused-ring (bicyclic) bond motifs is 1. The van der Waals surface area contributed by atoms with Gasteiger partial charge >= 0.3 is 0 Å². The minimum Gasteiger partial charge on any atom is -0.360 e. The largest absolute Gasteiger partial charge is 0.360 e. The van der Waals surface area contributed by atoms with Gasteiger partial charge in [0.25, 0.3) is 5.91 Å². The van der Waals surface area contributed by atoms with E-state index in [9.17, 15) is 4.79 Å². The zero-order chi connectivity index (χ0) is 14.8. The summed E-state index contributed by atoms with van der Waals surface area (Å²) in [7, 11) is 0. The van der Waals surface area contributed by atoms with Gasteiger partial charge in [-0.15, -0.1) is 0 Å². The van der Waals surface area contributed by atoms with Crippen molar-refractivity contribution >= 4 is 16.8 Å². The second-order valence-electron chi connectivity index (χ2n) is 6.20. The lowest BCUT2D eigenvalue weighted by Gasteiger charge is -2.20. The molecule has 4 nitrogen and oxygen atoms in total. The molecule has 0 spiro atoms. The molecule has 2 heterocycles. The van der Waals surface area contributed by atoms with Gasteiger partial charge in [-0.25, -0.2) is 0 Å². The van der Waals surface area contributed by atoms with E-state index in [0.29, 0.717) is 12.0 Å². The summed E-state index contributed by atoms with van der Waals surface area (Å²) < 4.78 is 0. The van der Waals surface area contributed by atoms with E-state index in [0.717, 1.165) is 36.1 Å². The molecule has 1 aliphatic heterocycles. The number of nitrogens with zero attached hydrogens (tertiary/aromatic N) is 1. The van der Waals surface area contributed by atoms with E-state index in [-0.39, 0.29) is 5.91 Å². The lowest BCUT2D eigenvalue weighted by molar-refractivity contribution is 0.0949. The maximum atomic E-state index is 12.3. The van der Waals surface area contributed by atoms with Crippen LogP contribution in [0.1, 0.15) is 30.6 Å². The summed E-state index contributed by atoms with van der Waals surface area (Å²) in [6.07, 6.45) is 2.97. The number of likely N-dealkylation sites (tertiary alicyclic amines) is 1. The van der Waals surface area contributed by atoms with Crippen molar-refractivity contribution in [1.82, 2.24) is 15.2 Å². The van der Waals surface area contributed by atoms with Crippen molar-refractivity contribution in [1.29, 1.82) is 0 Å². The summed E-state index contributed by atoms with van der Waals surface area (Å²) in [5.41, 5.74) is 1.75. The number of benzene rings is 1. The number of H-pyrrole nitrogens is 1. The third-order valence-corrected chi connectivity index (χ3v) is 4.43. The number of hydrogen-bond acceptors (Lipinski definition) is 2. The Morgan fingerprint density at radius 3 is 3.00 bits per heavy atom. The van der Waals surface area contributed by atoms with Crippen LogP contribution in [-0.2, 0) is 0 Å². The van der Waals surface area contributed by atoms with Crippen LogP contribution in [0.4, 0.5) is 0 Å². The van der Waals surface area contributed by atoms with E-state index in [4.69, 9.17) is 0 Å². The Balaban J connectivity index is 1.60. The number of amides is 1. The minimum atomic E-state index is 0.0236. The highest BCUT2D eigenvalue weighted by Gasteiger charge is 2.24. The van der Waals surface area contributed by atoms with Crippen molar-refractivity contribution in [2.24, 2.45) is 5.92 Å². The second-order valence-corrected chi connectivity index (χ2v) is 6.20. The molecule has 2 N–H and O–H groups in total. The van der Waals surface area contributed by atoms with E-state index in [1.165, 1.54) is 6.42 Å². The van der Waals surface area contributed by atoms with Crippen molar-refractivity contribution in [3.63, 3.8) is 0 Å². The fraction of sp³-hybridized carbons (Fsp3) is 0.471. The van der Waals surface area contributed by atoms with Gasteiger partial charge in [0, 0.05) is 36.2 Å². The lowest BCUT2D eigenvalue weighted by Crippen LogP contribution is -2.32. The van der Waals surface area contributed by atoms with Gasteiger partial charge < -0.3 is 15.2 Å². The molecule has 0 aliphatic carbocycles. The quantitative estimate of drug-likeness (QED) is 0.907. The number of aromatic nitrogens is 1. The molecule has 1 amide bonds. The average Bonchev–Trinajstić information content (AvgIpc) is 3.11. The minimum absolute atomic E-state index is 0.0236. The van der Waals surface area contributed by atoms with Crippen LogP contribution in [0.2, 0.25) is 0 Å². The Bertz CT molecular complexity index is 632. The Kier molecular flexibility index (Phi) is 3.97. The molecule has 1 aromatic carbocycles. The van der Waals surface area contributed by atoms with Crippen LogP contribution in [0, 0.1) is 5.92 Å². The third-order valence-electron chi connectivity index (χ3n) is 4.43. The van der Waals surface area contributed by atoms with Gasteiger partial charge in [0.2, 0.25) is 0 Å². The van der Waals surface area contributed by atoms with Crippen LogP contribution in [0.15, 0.2) is 30.5 Å². The van der Waals surface area contributed by atoms with Gasteiger partial charge in [0.05, 0.1) is 5.56 Å². The molecular weight excluding hydrogens is 262 g/mol. The summed E-state index contributed by atoms with van der Waals surface area (Å²) >= 11 is 0. The number of hydrogen-bond donors (Lipinski definition) is 2. The molecular formula is C17H23N3O. The molecule has 0 saturated carbocycles. The first-order valence-corrected chi connectivity index (χ1v) is 7.73. The first-order chi connectivity index (χ1) is 10.1. The fourth-order valence-electron chi connectivity index (χ4n) is 3.09. The molecule has 1 unspecified atom stereocenters. The summed E-state index contributed by atoms with van der Waals surface area (Å²) in [4.78, 5) is 18.0. The van der Waals surface area contributed by atoms with Crippen molar-refractivity contribution in [2.45, 2.75) is 26.3 Å². The summed E-state index contributed by atoms with van der Waals surface area (Å²) in [5, 5.41) is 4.08. The first-order valence-electron chi connectivity index (χ1n) is 7.73. The van der Waals surface area contributed by atoms with Crippen LogP contribution in [-0.4, -0.2) is 41.5 Å². The van der Waals surface area contributed by atoms with E-state index >= 15 is 0 Å². The molecule has 0 bridgehead atoms. The highest BCUT2D eigenvalue weighted by atomic mass is 16.1. The van der Waals surface area contributed by atoms with Crippen LogP contribution in [0.25, 0.3) is 10.9 Å². The number of carbonyl (C=O) groups excluding carboxylic acids is 1. The summed E-state index contributed by atoms with van der Waals surface area (Å²) in [5.74, 6) is 0.594.